The molecule has 16 heavy (non-hydrogen) atoms. The highest BCUT2D eigenvalue weighted by atomic mass is 19.4. The second-order valence-electron chi connectivity index (χ2n) is 3.35. The highest BCUT2D eigenvalue weighted by Crippen LogP contribution is 2.42. The Morgan fingerprint density at radius 1 is 1.31 bits per heavy atom. The molecule has 0 saturated heterocycles. The number of nitrogens with one attached hydrogen (secondary N) is 1. The van der Waals surface area contributed by atoms with E-state index in [0.717, 1.165) is 0 Å². The lowest BCUT2D eigenvalue weighted by molar-refractivity contribution is -0.233. The second kappa shape index (κ2) is 3.79. The molecular formula is C10H8F3NO2. The predicted molar refractivity (Wildman–Crippen MR) is 49.8 cm³/mol. The van der Waals surface area contributed by atoms with Crippen molar-refractivity contribution in [2.24, 2.45) is 0 Å². The van der Waals surface area contributed by atoms with Crippen LogP contribution in [0, 0.1) is 0 Å². The van der Waals surface area contributed by atoms with Crippen molar-refractivity contribution in [2.45, 2.75) is 18.5 Å². The van der Waals surface area contributed by atoms with Crippen molar-refractivity contribution >= 4 is 12.0 Å². The highest BCUT2D eigenvalue weighted by molar-refractivity contribution is 5.66. The average molecular weight is 231 g/mol. The fraction of sp³-hybridized carbons (Fsp3) is 0.300. The first-order valence-electron chi connectivity index (χ1n) is 4.55. The first-order valence-corrected chi connectivity index (χ1v) is 4.55. The first-order chi connectivity index (χ1) is 7.52. The zero-order valence-electron chi connectivity index (χ0n) is 7.99. The molecule has 2 rings (SSSR count). The number of carbonyl (C=O) groups excluding carboxylic acids is 1. The maximum absolute atomic E-state index is 12.7. The Hall–Kier alpha value is -1.56. The monoisotopic (exact) mass is 231 g/mol. The summed E-state index contributed by atoms with van der Waals surface area (Å²) in [4.78, 5) is 10.5. The number of rotatable bonds is 1. The van der Waals surface area contributed by atoms with Crippen LogP contribution in [0.2, 0.25) is 0 Å². The van der Waals surface area contributed by atoms with Crippen LogP contribution in [0.5, 0.6) is 0 Å². The predicted octanol–water partition coefficient (Wildman–Crippen LogP) is 2.26. The van der Waals surface area contributed by atoms with Crippen LogP contribution in [-0.4, -0.2) is 18.7 Å². The van der Waals surface area contributed by atoms with E-state index in [1.54, 1.807) is 6.07 Å². The molecule has 0 saturated carbocycles. The second-order valence-corrected chi connectivity index (χ2v) is 3.35. The van der Waals surface area contributed by atoms with Crippen LogP contribution in [0.15, 0.2) is 24.3 Å². The number of hydrogen-bond donors (Lipinski definition) is 1. The Bertz CT molecular complexity index is 405. The van der Waals surface area contributed by atoms with Gasteiger partial charge in [0.25, 0.3) is 0 Å². The van der Waals surface area contributed by atoms with Gasteiger partial charge >= 0.3 is 6.18 Å². The molecule has 0 spiro atoms. The van der Waals surface area contributed by atoms with Gasteiger partial charge in [0.2, 0.25) is 0 Å². The molecule has 86 valence electrons. The van der Waals surface area contributed by atoms with Crippen molar-refractivity contribution in [1.82, 2.24) is 0 Å². The van der Waals surface area contributed by atoms with Gasteiger partial charge in [-0.3, -0.25) is 4.79 Å². The SMILES string of the molecule is O=CC1Nc2ccccc2C(C(F)(F)F)O1. The molecule has 1 aromatic carbocycles. The molecule has 1 aromatic rings. The number of anilines is 1. The van der Waals surface area contributed by atoms with Crippen molar-refractivity contribution in [3.63, 3.8) is 0 Å². The Morgan fingerprint density at radius 2 is 2.00 bits per heavy atom. The van der Waals surface area contributed by atoms with Crippen LogP contribution in [0.3, 0.4) is 0 Å². The number of carbonyl (C=O) groups is 1. The number of benzene rings is 1. The number of hydrogen-bond acceptors (Lipinski definition) is 3. The molecule has 0 aliphatic carbocycles. The zero-order valence-corrected chi connectivity index (χ0v) is 7.99. The number of ether oxygens (including phenoxy) is 1. The molecule has 2 atom stereocenters. The van der Waals surface area contributed by atoms with E-state index >= 15 is 0 Å². The normalized spacial score (nSPS) is 24.4. The molecule has 0 aromatic heterocycles. The minimum absolute atomic E-state index is 0.00639. The lowest BCUT2D eigenvalue weighted by Crippen LogP contribution is -2.37. The summed E-state index contributed by atoms with van der Waals surface area (Å²) in [6, 6.07) is 5.88. The van der Waals surface area contributed by atoms with Crippen molar-refractivity contribution < 1.29 is 22.7 Å². The lowest BCUT2D eigenvalue weighted by atomic mass is 10.0. The van der Waals surface area contributed by atoms with Crippen LogP contribution in [0.25, 0.3) is 0 Å². The number of halogens is 3. The van der Waals surface area contributed by atoms with Gasteiger partial charge in [0.05, 0.1) is 0 Å². The molecule has 1 aliphatic heterocycles. The number of fused-ring (bicyclic) bond motifs is 1. The number of aldehydes is 1. The summed E-state index contributed by atoms with van der Waals surface area (Å²) in [5, 5.41) is 2.56. The summed E-state index contributed by atoms with van der Waals surface area (Å²) in [5.74, 6) is 0. The van der Waals surface area contributed by atoms with E-state index < -0.39 is 18.5 Å². The summed E-state index contributed by atoms with van der Waals surface area (Å²) < 4.78 is 42.6. The lowest BCUT2D eigenvalue weighted by Gasteiger charge is -2.32. The molecular weight excluding hydrogens is 223 g/mol. The molecule has 0 bridgehead atoms. The maximum atomic E-state index is 12.7. The summed E-state index contributed by atoms with van der Waals surface area (Å²) in [6.45, 7) is 0. The molecule has 1 aliphatic rings. The van der Waals surface area contributed by atoms with Crippen LogP contribution in [0.4, 0.5) is 18.9 Å². The van der Waals surface area contributed by atoms with Gasteiger partial charge < -0.3 is 10.1 Å². The minimum Gasteiger partial charge on any atom is -0.354 e. The topological polar surface area (TPSA) is 38.3 Å². The van der Waals surface area contributed by atoms with Gasteiger partial charge in [-0.2, -0.15) is 13.2 Å². The van der Waals surface area contributed by atoms with E-state index in [-0.39, 0.29) is 11.3 Å². The van der Waals surface area contributed by atoms with E-state index in [1.807, 2.05) is 0 Å². The third-order valence-corrected chi connectivity index (χ3v) is 2.24. The van der Waals surface area contributed by atoms with Gasteiger partial charge in [0, 0.05) is 11.3 Å². The molecule has 0 radical (unpaired) electrons. The highest BCUT2D eigenvalue weighted by Gasteiger charge is 2.46. The summed E-state index contributed by atoms with van der Waals surface area (Å²) >= 11 is 0. The van der Waals surface area contributed by atoms with E-state index in [4.69, 9.17) is 0 Å². The van der Waals surface area contributed by atoms with Gasteiger partial charge in [-0.05, 0) is 6.07 Å². The Labute approximate surface area is 89.2 Å². The van der Waals surface area contributed by atoms with Crippen molar-refractivity contribution in [3.05, 3.63) is 29.8 Å². The molecule has 6 heteroatoms. The molecule has 1 heterocycles. The van der Waals surface area contributed by atoms with Gasteiger partial charge in [0.1, 0.15) is 0 Å². The van der Waals surface area contributed by atoms with Crippen molar-refractivity contribution in [2.75, 3.05) is 5.32 Å². The molecule has 1 N–H and O–H groups in total. The van der Waals surface area contributed by atoms with E-state index in [2.05, 4.69) is 10.1 Å². The summed E-state index contributed by atoms with van der Waals surface area (Å²) in [7, 11) is 0. The van der Waals surface area contributed by atoms with Crippen LogP contribution in [0.1, 0.15) is 11.7 Å². The average Bonchev–Trinajstić information content (AvgIpc) is 2.26. The molecule has 0 fully saturated rings. The molecule has 0 amide bonds. The maximum Gasteiger partial charge on any atom is 0.419 e. The fourth-order valence-corrected chi connectivity index (χ4v) is 1.58. The minimum atomic E-state index is -4.53. The van der Waals surface area contributed by atoms with Gasteiger partial charge in [-0.1, -0.05) is 18.2 Å². The van der Waals surface area contributed by atoms with Gasteiger partial charge in [-0.15, -0.1) is 0 Å². The summed E-state index contributed by atoms with van der Waals surface area (Å²) in [6.07, 6.45) is -7.55. The zero-order chi connectivity index (χ0) is 11.8. The van der Waals surface area contributed by atoms with E-state index in [9.17, 15) is 18.0 Å². The van der Waals surface area contributed by atoms with Crippen LogP contribution < -0.4 is 5.32 Å². The summed E-state index contributed by atoms with van der Waals surface area (Å²) in [5.41, 5.74) is 0.265. The fourth-order valence-electron chi connectivity index (χ4n) is 1.58. The van der Waals surface area contributed by atoms with Crippen LogP contribution >= 0.6 is 0 Å². The Balaban J connectivity index is 2.43. The third-order valence-electron chi connectivity index (χ3n) is 2.24. The number of para-hydroxylation sites is 1. The van der Waals surface area contributed by atoms with Crippen LogP contribution in [-0.2, 0) is 9.53 Å². The van der Waals surface area contributed by atoms with Crippen molar-refractivity contribution in [1.29, 1.82) is 0 Å². The largest absolute Gasteiger partial charge is 0.419 e. The third kappa shape index (κ3) is 1.88. The van der Waals surface area contributed by atoms with E-state index in [0.29, 0.717) is 6.29 Å². The van der Waals surface area contributed by atoms with E-state index in [1.165, 1.54) is 18.2 Å². The molecule has 2 unspecified atom stereocenters. The number of alkyl halides is 3. The quantitative estimate of drug-likeness (QED) is 0.753. The molecule has 3 nitrogen and oxygen atoms in total. The van der Waals surface area contributed by atoms with Crippen molar-refractivity contribution in [3.8, 4) is 0 Å². The Kier molecular flexibility index (Phi) is 2.59. The van der Waals surface area contributed by atoms with Gasteiger partial charge in [-0.25, -0.2) is 0 Å². The Morgan fingerprint density at radius 3 is 2.62 bits per heavy atom. The smallest absolute Gasteiger partial charge is 0.354 e. The van der Waals surface area contributed by atoms with Gasteiger partial charge in [0.15, 0.2) is 18.6 Å². The standard InChI is InChI=1S/C10H8F3NO2/c11-10(12,13)9-6-3-1-2-4-7(6)14-8(5-15)16-9/h1-5,8-9,14H. The first kappa shape index (κ1) is 10.9.